The van der Waals surface area contributed by atoms with Crippen LogP contribution in [0.2, 0.25) is 0 Å². The third kappa shape index (κ3) is 3.03. The number of morpholine rings is 1. The molecule has 1 N–H and O–H groups in total. The SMILES string of the molecule is C/C(C#N)=N\OC(=N)N1CCOCC1. The maximum absolute atomic E-state index is 8.39. The van der Waals surface area contributed by atoms with Gasteiger partial charge in [0.05, 0.1) is 13.2 Å². The quantitative estimate of drug-likeness (QED) is 0.368. The Kier molecular flexibility index (Phi) is 3.88. The average Bonchev–Trinajstić information content (AvgIpc) is 2.26. The van der Waals surface area contributed by atoms with Crippen molar-refractivity contribution in [2.75, 3.05) is 26.3 Å². The lowest BCUT2D eigenvalue weighted by Crippen LogP contribution is -2.40. The fourth-order valence-electron chi connectivity index (χ4n) is 0.956. The number of nitrogens with one attached hydrogen (secondary N) is 1. The largest absolute Gasteiger partial charge is 0.378 e. The van der Waals surface area contributed by atoms with Crippen LogP contribution in [-0.4, -0.2) is 42.9 Å². The van der Waals surface area contributed by atoms with Gasteiger partial charge in [0.2, 0.25) is 0 Å². The zero-order valence-corrected chi connectivity index (χ0v) is 7.99. The number of hydrogen-bond donors (Lipinski definition) is 1. The van der Waals surface area contributed by atoms with Crippen LogP contribution >= 0.6 is 0 Å². The summed E-state index contributed by atoms with van der Waals surface area (Å²) in [5, 5.41) is 19.3. The Hall–Kier alpha value is -1.61. The lowest BCUT2D eigenvalue weighted by Gasteiger charge is -2.26. The van der Waals surface area contributed by atoms with Crippen LogP contribution in [0.4, 0.5) is 0 Å². The predicted molar refractivity (Wildman–Crippen MR) is 49.9 cm³/mol. The normalized spacial score (nSPS) is 17.4. The van der Waals surface area contributed by atoms with Crippen molar-refractivity contribution in [3.8, 4) is 6.07 Å². The summed E-state index contributed by atoms with van der Waals surface area (Å²) in [4.78, 5) is 6.46. The summed E-state index contributed by atoms with van der Waals surface area (Å²) in [6.45, 7) is 3.95. The highest BCUT2D eigenvalue weighted by Crippen LogP contribution is 1.98. The first kappa shape index (κ1) is 10.5. The molecule has 0 radical (unpaired) electrons. The highest BCUT2D eigenvalue weighted by atomic mass is 16.6. The summed E-state index contributed by atoms with van der Waals surface area (Å²) >= 11 is 0. The minimum atomic E-state index is -0.0390. The van der Waals surface area contributed by atoms with Crippen molar-refractivity contribution in [1.82, 2.24) is 4.90 Å². The van der Waals surface area contributed by atoms with Gasteiger partial charge in [0.1, 0.15) is 6.07 Å². The van der Waals surface area contributed by atoms with Gasteiger partial charge in [-0.3, -0.25) is 0 Å². The standard InChI is InChI=1S/C8H12N4O2/c1-7(6-9)11-14-8(10)12-2-4-13-5-3-12/h10H,2-5H2,1H3/b10-8?,11-7+. The molecular formula is C8H12N4O2. The van der Waals surface area contributed by atoms with E-state index in [0.717, 1.165) is 0 Å². The number of nitrogens with zero attached hydrogens (tertiary/aromatic N) is 3. The van der Waals surface area contributed by atoms with Crippen molar-refractivity contribution in [3.63, 3.8) is 0 Å². The summed E-state index contributed by atoms with van der Waals surface area (Å²) in [5.41, 5.74) is 0.197. The number of ether oxygens (including phenoxy) is 1. The van der Waals surface area contributed by atoms with Crippen molar-refractivity contribution in [2.24, 2.45) is 5.16 Å². The molecule has 0 aromatic heterocycles. The molecule has 0 saturated carbocycles. The fraction of sp³-hybridized carbons (Fsp3) is 0.625. The summed E-state index contributed by atoms with van der Waals surface area (Å²) in [6, 6.07) is 1.77. The molecule has 1 aliphatic heterocycles. The summed E-state index contributed by atoms with van der Waals surface area (Å²) in [5.74, 6) is 0. The first-order valence-corrected chi connectivity index (χ1v) is 4.27. The molecule has 1 aliphatic rings. The Morgan fingerprint density at radius 1 is 1.57 bits per heavy atom. The van der Waals surface area contributed by atoms with Crippen LogP contribution in [0.5, 0.6) is 0 Å². The van der Waals surface area contributed by atoms with Gasteiger partial charge in [0.15, 0.2) is 5.71 Å². The number of amidine groups is 1. The van der Waals surface area contributed by atoms with E-state index in [1.807, 2.05) is 6.07 Å². The van der Waals surface area contributed by atoms with Crippen LogP contribution in [0.15, 0.2) is 5.16 Å². The predicted octanol–water partition coefficient (Wildman–Crippen LogP) is 0.169. The van der Waals surface area contributed by atoms with Crippen molar-refractivity contribution >= 4 is 11.7 Å². The Labute approximate surface area is 82.2 Å². The summed E-state index contributed by atoms with van der Waals surface area (Å²) in [6.07, 6.45) is 0. The maximum Gasteiger partial charge on any atom is 0.314 e. The Balaban J connectivity index is 2.38. The topological polar surface area (TPSA) is 81.7 Å². The highest BCUT2D eigenvalue weighted by molar-refractivity contribution is 5.96. The van der Waals surface area contributed by atoms with E-state index in [1.165, 1.54) is 6.92 Å². The molecule has 0 aromatic rings. The van der Waals surface area contributed by atoms with Crippen LogP contribution < -0.4 is 0 Å². The molecule has 14 heavy (non-hydrogen) atoms. The lowest BCUT2D eigenvalue weighted by atomic mass is 10.4. The second kappa shape index (κ2) is 5.19. The van der Waals surface area contributed by atoms with Crippen LogP contribution in [0.25, 0.3) is 0 Å². The number of nitriles is 1. The summed E-state index contributed by atoms with van der Waals surface area (Å²) < 4.78 is 5.11. The lowest BCUT2D eigenvalue weighted by molar-refractivity contribution is 0.0548. The van der Waals surface area contributed by atoms with E-state index in [2.05, 4.69) is 5.16 Å². The molecule has 0 aliphatic carbocycles. The zero-order chi connectivity index (χ0) is 10.4. The number of hydrogen-bond acceptors (Lipinski definition) is 5. The third-order valence-corrected chi connectivity index (χ3v) is 1.73. The van der Waals surface area contributed by atoms with E-state index in [-0.39, 0.29) is 11.7 Å². The van der Waals surface area contributed by atoms with Gasteiger partial charge in [0.25, 0.3) is 0 Å². The van der Waals surface area contributed by atoms with Crippen molar-refractivity contribution in [2.45, 2.75) is 6.92 Å². The van der Waals surface area contributed by atoms with E-state index in [1.54, 1.807) is 4.90 Å². The molecule has 6 nitrogen and oxygen atoms in total. The van der Waals surface area contributed by atoms with E-state index in [0.29, 0.717) is 26.3 Å². The van der Waals surface area contributed by atoms with Gasteiger partial charge in [-0.1, -0.05) is 5.16 Å². The monoisotopic (exact) mass is 196 g/mol. The summed E-state index contributed by atoms with van der Waals surface area (Å²) in [7, 11) is 0. The molecule has 76 valence electrons. The van der Waals surface area contributed by atoms with Gasteiger partial charge in [-0.05, 0) is 6.92 Å². The van der Waals surface area contributed by atoms with Gasteiger partial charge in [-0.15, -0.1) is 0 Å². The molecule has 0 atom stereocenters. The van der Waals surface area contributed by atoms with Gasteiger partial charge in [0, 0.05) is 13.1 Å². The molecule has 1 fully saturated rings. The smallest absolute Gasteiger partial charge is 0.314 e. The van der Waals surface area contributed by atoms with Gasteiger partial charge < -0.3 is 14.5 Å². The van der Waals surface area contributed by atoms with Gasteiger partial charge in [-0.25, -0.2) is 5.41 Å². The van der Waals surface area contributed by atoms with E-state index < -0.39 is 0 Å². The average molecular weight is 196 g/mol. The second-order valence-electron chi connectivity index (χ2n) is 2.78. The molecule has 6 heteroatoms. The van der Waals surface area contributed by atoms with Crippen molar-refractivity contribution in [3.05, 3.63) is 0 Å². The van der Waals surface area contributed by atoms with Crippen LogP contribution in [-0.2, 0) is 9.57 Å². The third-order valence-electron chi connectivity index (χ3n) is 1.73. The molecule has 1 heterocycles. The molecule has 0 amide bonds. The molecule has 1 saturated heterocycles. The molecular weight excluding hydrogens is 184 g/mol. The second-order valence-corrected chi connectivity index (χ2v) is 2.78. The first-order chi connectivity index (χ1) is 6.74. The zero-order valence-electron chi connectivity index (χ0n) is 7.99. The van der Waals surface area contributed by atoms with Crippen LogP contribution in [0, 0.1) is 16.7 Å². The molecule has 1 rings (SSSR count). The van der Waals surface area contributed by atoms with Crippen molar-refractivity contribution < 1.29 is 9.57 Å². The Morgan fingerprint density at radius 3 is 2.79 bits per heavy atom. The van der Waals surface area contributed by atoms with E-state index in [9.17, 15) is 0 Å². The first-order valence-electron chi connectivity index (χ1n) is 4.27. The minimum absolute atomic E-state index is 0.0390. The Bertz CT molecular complexity index is 276. The van der Waals surface area contributed by atoms with Crippen LogP contribution in [0.3, 0.4) is 0 Å². The molecule has 0 unspecified atom stereocenters. The molecule has 0 aromatic carbocycles. The van der Waals surface area contributed by atoms with E-state index in [4.69, 9.17) is 20.2 Å². The maximum atomic E-state index is 8.39. The van der Waals surface area contributed by atoms with E-state index >= 15 is 0 Å². The number of oxime groups is 1. The molecule has 0 bridgehead atoms. The molecule has 0 spiro atoms. The fourth-order valence-corrected chi connectivity index (χ4v) is 0.956. The van der Waals surface area contributed by atoms with Crippen molar-refractivity contribution in [1.29, 1.82) is 10.7 Å². The number of rotatable bonds is 1. The minimum Gasteiger partial charge on any atom is -0.378 e. The highest BCUT2D eigenvalue weighted by Gasteiger charge is 2.14. The Morgan fingerprint density at radius 2 is 2.21 bits per heavy atom. The van der Waals surface area contributed by atoms with Gasteiger partial charge >= 0.3 is 6.02 Å². The van der Waals surface area contributed by atoms with Crippen LogP contribution in [0.1, 0.15) is 6.92 Å². The van der Waals surface area contributed by atoms with Gasteiger partial charge in [-0.2, -0.15) is 5.26 Å².